The minimum atomic E-state index is -1.37. The van der Waals surface area contributed by atoms with E-state index in [1.54, 1.807) is 0 Å². The second kappa shape index (κ2) is 78.9. The molecule has 0 saturated heterocycles. The van der Waals surface area contributed by atoms with Crippen LogP contribution in [0.25, 0.3) is 0 Å². The molecule has 0 bridgehead atoms. The maximum absolute atomic E-state index is 9.50. The predicted octanol–water partition coefficient (Wildman–Crippen LogP) is -19.7. The smallest absolute Gasteiger partial charge is 0.550 e. The van der Waals surface area contributed by atoms with Crippen molar-refractivity contribution >= 4 is 71.6 Å². The van der Waals surface area contributed by atoms with Crippen LogP contribution in [-0.2, 0) is 126 Å². The summed E-state index contributed by atoms with van der Waals surface area (Å²) in [6.45, 7) is 3.58. The molecule has 374 valence electrons. The van der Waals surface area contributed by atoms with E-state index in [0.717, 1.165) is 0 Å². The SMILES string of the molecule is NCCN.NCCN.NCCN.O=C([O-])CCC(=O)[O-].O=C([O-])CCC(=O)[O-].O=C([O-])CCC(=O)[O-].O=C([O-])CCC(=O)[O-].O=C([O-])CCC(=O)[O-].O=C([O-])CCC(=O)[O-].[Fe+3].[Fe+3].[Fe+3].[Fe+3]. The van der Waals surface area contributed by atoms with Crippen LogP contribution in [0.1, 0.15) is 77.0 Å². The summed E-state index contributed by atoms with van der Waals surface area (Å²) in [5.74, 6) is -16.4. The molecule has 0 aromatic rings. The zero-order valence-electron chi connectivity index (χ0n) is 33.4. The number of hydrogen-bond acceptors (Lipinski definition) is 30. The summed E-state index contributed by atoms with van der Waals surface area (Å²) in [4.78, 5) is 114. The molecule has 0 aromatic carbocycles. The third kappa shape index (κ3) is 226. The van der Waals surface area contributed by atoms with Crippen LogP contribution in [-0.4, -0.2) is 111 Å². The van der Waals surface area contributed by atoms with Gasteiger partial charge in [0.2, 0.25) is 0 Å². The molecule has 34 heteroatoms. The Balaban J connectivity index is -0.0000000417. The van der Waals surface area contributed by atoms with Gasteiger partial charge in [-0.2, -0.15) is 0 Å². The number of rotatable bonds is 21. The molecule has 4 radical (unpaired) electrons. The van der Waals surface area contributed by atoms with Crippen LogP contribution in [0.4, 0.5) is 0 Å². The standard InChI is InChI=1S/6C4H6O4.3C2H8N2.4Fe/c6*5-3(6)1-2-4(7)8;3*3-1-2-4;;;;/h6*1-2H2,(H,5,6)(H,7,8);3*1-4H2;;;;/q;;;;;;;;;4*+3/p-12. The van der Waals surface area contributed by atoms with Crippen molar-refractivity contribution in [2.75, 3.05) is 39.3 Å². The number of carboxylic acids is 12. The summed E-state index contributed by atoms with van der Waals surface area (Å²) in [7, 11) is 0. The van der Waals surface area contributed by atoms with E-state index in [9.17, 15) is 119 Å². The Morgan fingerprint density at radius 2 is 0.234 bits per heavy atom. The van der Waals surface area contributed by atoms with Gasteiger partial charge in [-0.1, -0.05) is 0 Å². The third-order valence-corrected chi connectivity index (χ3v) is 3.70. The molecule has 0 saturated carbocycles. The molecule has 0 aliphatic rings. The van der Waals surface area contributed by atoms with Crippen molar-refractivity contribution in [1.29, 1.82) is 0 Å². The van der Waals surface area contributed by atoms with Crippen molar-refractivity contribution in [3.63, 3.8) is 0 Å². The van der Waals surface area contributed by atoms with Gasteiger partial charge in [0.05, 0.1) is 0 Å². The van der Waals surface area contributed by atoms with Crippen molar-refractivity contribution < 1.29 is 187 Å². The fourth-order valence-electron chi connectivity index (χ4n) is 1.22. The van der Waals surface area contributed by atoms with Crippen molar-refractivity contribution in [2.24, 2.45) is 34.4 Å². The number of nitrogens with two attached hydrogens (primary N) is 6. The Morgan fingerprint density at radius 3 is 0.250 bits per heavy atom. The summed E-state index contributed by atoms with van der Waals surface area (Å²) in [6, 6.07) is 0. The number of aliphatic carboxylic acids is 12. The fourth-order valence-corrected chi connectivity index (χ4v) is 1.22. The third-order valence-electron chi connectivity index (χ3n) is 3.70. The molecule has 0 fully saturated rings. The van der Waals surface area contributed by atoms with Gasteiger partial charge in [-0.15, -0.1) is 0 Å². The van der Waals surface area contributed by atoms with E-state index in [-0.39, 0.29) is 68.3 Å². The average Bonchev–Trinajstić information content (AvgIpc) is 3.14. The first-order chi connectivity index (χ1) is 27.5. The van der Waals surface area contributed by atoms with Gasteiger partial charge in [-0.25, -0.2) is 0 Å². The molecule has 0 unspecified atom stereocenters. The van der Waals surface area contributed by atoms with Crippen LogP contribution in [0.2, 0.25) is 0 Å². The Kier molecular flexibility index (Phi) is 116. The van der Waals surface area contributed by atoms with E-state index < -0.39 is 149 Å². The number of carbonyl (C=O) groups is 12. The topological polar surface area (TPSA) is 638 Å². The van der Waals surface area contributed by atoms with E-state index in [4.69, 9.17) is 34.4 Å². The second-order valence-electron chi connectivity index (χ2n) is 9.20. The second-order valence-corrected chi connectivity index (χ2v) is 9.20. The average molecular weight is 1100 g/mol. The maximum Gasteiger partial charge on any atom is 3.00 e. The zero-order valence-corrected chi connectivity index (χ0v) is 37.8. The molecule has 0 aliphatic heterocycles. The maximum atomic E-state index is 9.50. The van der Waals surface area contributed by atoms with Crippen LogP contribution < -0.4 is 95.7 Å². The number of carbonyl (C=O) groups excluding carboxylic acids is 12. The van der Waals surface area contributed by atoms with Crippen molar-refractivity contribution in [2.45, 2.75) is 77.0 Å². The Morgan fingerprint density at radius 1 is 0.188 bits per heavy atom. The molecular formula is C30H48Fe4N6O24. The molecular weight excluding hydrogens is 1050 g/mol. The van der Waals surface area contributed by atoms with E-state index in [1.807, 2.05) is 0 Å². The van der Waals surface area contributed by atoms with Gasteiger partial charge < -0.3 is 153 Å². The molecule has 0 heterocycles. The zero-order chi connectivity index (χ0) is 49.7. The first kappa shape index (κ1) is 94.2. The van der Waals surface area contributed by atoms with Crippen molar-refractivity contribution in [3.8, 4) is 0 Å². The van der Waals surface area contributed by atoms with Gasteiger partial charge >= 0.3 is 68.3 Å². The molecule has 0 atom stereocenters. The number of hydrogen-bond donors (Lipinski definition) is 6. The molecule has 0 amide bonds. The van der Waals surface area contributed by atoms with Gasteiger partial charge in [-0.05, 0) is 77.0 Å². The first-order valence-electron chi connectivity index (χ1n) is 16.1. The Labute approximate surface area is 407 Å². The summed E-state index contributed by atoms with van der Waals surface area (Å²) in [5, 5.41) is 114. The Hall–Kier alpha value is -4.52. The van der Waals surface area contributed by atoms with Gasteiger partial charge in [-0.3, -0.25) is 0 Å². The van der Waals surface area contributed by atoms with Crippen molar-refractivity contribution in [3.05, 3.63) is 0 Å². The molecule has 0 aromatic heterocycles. The van der Waals surface area contributed by atoms with Gasteiger partial charge in [0.15, 0.2) is 0 Å². The molecule has 64 heavy (non-hydrogen) atoms. The van der Waals surface area contributed by atoms with Crippen LogP contribution in [0.5, 0.6) is 0 Å². The quantitative estimate of drug-likeness (QED) is 0.0581. The van der Waals surface area contributed by atoms with E-state index in [2.05, 4.69) is 0 Å². The molecule has 12 N–H and O–H groups in total. The van der Waals surface area contributed by atoms with Gasteiger partial charge in [0, 0.05) is 111 Å². The minimum absolute atomic E-state index is 0. The largest absolute Gasteiger partial charge is 3.00 e. The Bertz CT molecular complexity index is 907. The van der Waals surface area contributed by atoms with Gasteiger partial charge in [0.25, 0.3) is 0 Å². The summed E-state index contributed by atoms with van der Waals surface area (Å²) < 4.78 is 0. The molecule has 0 spiro atoms. The van der Waals surface area contributed by atoms with E-state index in [0.29, 0.717) is 39.3 Å². The van der Waals surface area contributed by atoms with Crippen LogP contribution >= 0.6 is 0 Å². The summed E-state index contributed by atoms with van der Waals surface area (Å²) >= 11 is 0. The van der Waals surface area contributed by atoms with E-state index in [1.165, 1.54) is 0 Å². The normalized spacial score (nSPS) is 7.78. The van der Waals surface area contributed by atoms with Crippen LogP contribution in [0, 0.1) is 0 Å². The first-order valence-corrected chi connectivity index (χ1v) is 16.1. The van der Waals surface area contributed by atoms with Crippen molar-refractivity contribution in [1.82, 2.24) is 0 Å². The molecule has 0 rings (SSSR count). The van der Waals surface area contributed by atoms with Gasteiger partial charge in [0.1, 0.15) is 0 Å². The predicted molar refractivity (Wildman–Crippen MR) is 170 cm³/mol. The minimum Gasteiger partial charge on any atom is -0.550 e. The summed E-state index contributed by atoms with van der Waals surface area (Å²) in [6.07, 6.45) is -5.64. The monoisotopic (exact) mass is 1100 g/mol. The van der Waals surface area contributed by atoms with Crippen LogP contribution in [0.3, 0.4) is 0 Å². The van der Waals surface area contributed by atoms with E-state index >= 15 is 0 Å². The number of carboxylic acid groups (broad SMARTS) is 12. The van der Waals surface area contributed by atoms with Crippen LogP contribution in [0.15, 0.2) is 0 Å². The molecule has 0 aliphatic carbocycles. The molecule has 30 nitrogen and oxygen atoms in total. The summed E-state index contributed by atoms with van der Waals surface area (Å²) in [5.41, 5.74) is 29.4. The fraction of sp³-hybridized carbons (Fsp3) is 0.600.